The maximum Gasteiger partial charge on any atom is 0.244 e. The van der Waals surface area contributed by atoms with Gasteiger partial charge in [-0.2, -0.15) is 14.8 Å². The van der Waals surface area contributed by atoms with Crippen molar-refractivity contribution in [1.29, 1.82) is 10.5 Å². The lowest BCUT2D eigenvalue weighted by Crippen LogP contribution is -2.65. The average molecular weight is 485 g/mol. The van der Waals surface area contributed by atoms with E-state index in [1.807, 2.05) is 6.07 Å². The van der Waals surface area contributed by atoms with E-state index < -0.39 is 21.3 Å². The molecule has 0 atom stereocenters. The fourth-order valence-corrected chi connectivity index (χ4v) is 6.03. The molecule has 0 unspecified atom stereocenters. The van der Waals surface area contributed by atoms with Gasteiger partial charge in [-0.05, 0) is 37.1 Å². The molecule has 0 bridgehead atoms. The quantitative estimate of drug-likeness (QED) is 0.612. The van der Waals surface area contributed by atoms with Gasteiger partial charge in [0.15, 0.2) is 0 Å². The van der Waals surface area contributed by atoms with Gasteiger partial charge in [0.1, 0.15) is 23.7 Å². The zero-order valence-corrected chi connectivity index (χ0v) is 19.4. The van der Waals surface area contributed by atoms with Crippen molar-refractivity contribution in [2.24, 2.45) is 5.41 Å². The second-order valence-corrected chi connectivity index (χ2v) is 10.6. The first-order chi connectivity index (χ1) is 16.4. The molecule has 8 nitrogen and oxygen atoms in total. The van der Waals surface area contributed by atoms with Crippen molar-refractivity contribution >= 4 is 10.0 Å². The van der Waals surface area contributed by atoms with Crippen LogP contribution < -0.4 is 10.1 Å². The van der Waals surface area contributed by atoms with Crippen LogP contribution in [0, 0.1) is 33.9 Å². The standard InChI is InChI=1S/C24H25FN4O4S/c25-22-11-21(6-5-18(22)12-26)33-17-24(14-28-20-7-9-32-10-8-20)15-29(16-24)34(30,31)23-4-2-1-3-19(23)13-27/h1-6,11,20,28H,7-10,14-17H2. The van der Waals surface area contributed by atoms with Crippen molar-refractivity contribution in [3.05, 3.63) is 59.4 Å². The molecule has 2 aromatic rings. The minimum atomic E-state index is -3.85. The summed E-state index contributed by atoms with van der Waals surface area (Å²) in [7, 11) is -3.85. The summed E-state index contributed by atoms with van der Waals surface area (Å²) in [4.78, 5) is -0.0152. The summed E-state index contributed by atoms with van der Waals surface area (Å²) in [6.45, 7) is 2.44. The van der Waals surface area contributed by atoms with Crippen molar-refractivity contribution in [3.63, 3.8) is 0 Å². The molecular formula is C24H25FN4O4S. The fraction of sp³-hybridized carbons (Fsp3) is 0.417. The van der Waals surface area contributed by atoms with Gasteiger partial charge in [-0.25, -0.2) is 12.8 Å². The number of hydrogen-bond donors (Lipinski definition) is 1. The molecule has 4 rings (SSSR count). The number of nitriles is 2. The molecule has 2 aliphatic heterocycles. The van der Waals surface area contributed by atoms with Crippen LogP contribution in [0.15, 0.2) is 47.4 Å². The number of ether oxygens (including phenoxy) is 2. The highest BCUT2D eigenvalue weighted by Gasteiger charge is 2.49. The third-order valence-corrected chi connectivity index (χ3v) is 8.09. The number of nitrogens with one attached hydrogen (secondary N) is 1. The minimum absolute atomic E-state index is 0.0152. The molecule has 0 amide bonds. The van der Waals surface area contributed by atoms with Gasteiger partial charge in [0.25, 0.3) is 0 Å². The molecule has 34 heavy (non-hydrogen) atoms. The number of nitrogens with zero attached hydrogens (tertiary/aromatic N) is 3. The second-order valence-electron chi connectivity index (χ2n) is 8.69. The summed E-state index contributed by atoms with van der Waals surface area (Å²) >= 11 is 0. The van der Waals surface area contributed by atoms with Crippen molar-refractivity contribution in [3.8, 4) is 17.9 Å². The van der Waals surface area contributed by atoms with Gasteiger partial charge in [0.2, 0.25) is 10.0 Å². The van der Waals surface area contributed by atoms with Crippen LogP contribution in [0.4, 0.5) is 4.39 Å². The average Bonchev–Trinajstić information content (AvgIpc) is 2.83. The first-order valence-corrected chi connectivity index (χ1v) is 12.4. The minimum Gasteiger partial charge on any atom is -0.493 e. The van der Waals surface area contributed by atoms with Crippen molar-refractivity contribution in [1.82, 2.24) is 9.62 Å². The van der Waals surface area contributed by atoms with Gasteiger partial charge in [-0.1, -0.05) is 12.1 Å². The molecule has 10 heteroatoms. The third kappa shape index (κ3) is 5.06. The van der Waals surface area contributed by atoms with E-state index in [1.165, 1.54) is 28.6 Å². The van der Waals surface area contributed by atoms with E-state index in [9.17, 15) is 18.1 Å². The van der Waals surface area contributed by atoms with E-state index >= 15 is 0 Å². The first kappa shape index (κ1) is 24.1. The molecule has 0 saturated carbocycles. The lowest BCUT2D eigenvalue weighted by atomic mass is 9.82. The van der Waals surface area contributed by atoms with Crippen LogP contribution in [-0.2, 0) is 14.8 Å². The molecule has 2 fully saturated rings. The van der Waals surface area contributed by atoms with Gasteiger partial charge < -0.3 is 14.8 Å². The molecule has 2 aromatic carbocycles. The number of rotatable bonds is 8. The molecule has 0 aliphatic carbocycles. The summed E-state index contributed by atoms with van der Waals surface area (Å²) in [6.07, 6.45) is 1.74. The molecule has 0 spiro atoms. The Balaban J connectivity index is 1.49. The van der Waals surface area contributed by atoms with Crippen molar-refractivity contribution in [2.45, 2.75) is 23.8 Å². The molecule has 2 aliphatic rings. The number of halogens is 1. The summed E-state index contributed by atoms with van der Waals surface area (Å²) in [5, 5.41) is 21.8. The first-order valence-electron chi connectivity index (χ1n) is 11.0. The summed E-state index contributed by atoms with van der Waals surface area (Å²) in [6, 6.07) is 14.2. The Morgan fingerprint density at radius 2 is 1.82 bits per heavy atom. The zero-order valence-electron chi connectivity index (χ0n) is 18.5. The van der Waals surface area contributed by atoms with Crippen molar-refractivity contribution < 1.29 is 22.3 Å². The van der Waals surface area contributed by atoms with Crippen LogP contribution in [0.5, 0.6) is 5.75 Å². The predicted molar refractivity (Wildman–Crippen MR) is 121 cm³/mol. The van der Waals surface area contributed by atoms with Crippen molar-refractivity contribution in [2.75, 3.05) is 39.5 Å². The number of sulfonamides is 1. The second kappa shape index (κ2) is 10.1. The van der Waals surface area contributed by atoms with Gasteiger partial charge in [0, 0.05) is 50.4 Å². The Labute approximate surface area is 198 Å². The van der Waals surface area contributed by atoms with E-state index in [0.717, 1.165) is 18.9 Å². The van der Waals surface area contributed by atoms with E-state index in [1.54, 1.807) is 18.2 Å². The molecule has 2 heterocycles. The SMILES string of the molecule is N#Cc1ccc(OCC2(CNC3CCOCC3)CN(S(=O)(=O)c3ccccc3C#N)C2)cc1F. The highest BCUT2D eigenvalue weighted by atomic mass is 32.2. The van der Waals surface area contributed by atoms with Crippen LogP contribution in [0.3, 0.4) is 0 Å². The van der Waals surface area contributed by atoms with Crippen LogP contribution in [0.25, 0.3) is 0 Å². The Hall–Kier alpha value is -3.02. The topological polar surface area (TPSA) is 115 Å². The van der Waals surface area contributed by atoms with Crippen LogP contribution in [-0.4, -0.2) is 58.2 Å². The molecule has 1 N–H and O–H groups in total. The third-order valence-electron chi connectivity index (χ3n) is 6.24. The van der Waals surface area contributed by atoms with Crippen LogP contribution >= 0.6 is 0 Å². The normalized spacial score (nSPS) is 18.4. The molecule has 2 saturated heterocycles. The maximum absolute atomic E-state index is 14.0. The number of benzene rings is 2. The van der Waals surface area contributed by atoms with Gasteiger partial charge >= 0.3 is 0 Å². The largest absolute Gasteiger partial charge is 0.493 e. The molecule has 178 valence electrons. The van der Waals surface area contributed by atoms with Gasteiger partial charge in [-0.3, -0.25) is 0 Å². The lowest BCUT2D eigenvalue weighted by molar-refractivity contribution is 0.0104. The predicted octanol–water partition coefficient (Wildman–Crippen LogP) is 2.41. The maximum atomic E-state index is 14.0. The van der Waals surface area contributed by atoms with Gasteiger partial charge in [-0.15, -0.1) is 0 Å². The fourth-order valence-electron chi connectivity index (χ4n) is 4.22. The van der Waals surface area contributed by atoms with E-state index in [0.29, 0.717) is 19.8 Å². The highest BCUT2D eigenvalue weighted by Crippen LogP contribution is 2.36. The lowest BCUT2D eigenvalue weighted by Gasteiger charge is -2.49. The van der Waals surface area contributed by atoms with E-state index in [-0.39, 0.29) is 47.5 Å². The highest BCUT2D eigenvalue weighted by molar-refractivity contribution is 7.89. The molecular weight excluding hydrogens is 459 g/mol. The van der Waals surface area contributed by atoms with E-state index in [4.69, 9.17) is 14.7 Å². The summed E-state index contributed by atoms with van der Waals surface area (Å²) in [5.41, 5.74) is -0.498. The summed E-state index contributed by atoms with van der Waals surface area (Å²) < 4.78 is 53.0. The molecule has 0 aromatic heterocycles. The monoisotopic (exact) mass is 484 g/mol. The molecule has 0 radical (unpaired) electrons. The van der Waals surface area contributed by atoms with Crippen LogP contribution in [0.1, 0.15) is 24.0 Å². The Morgan fingerprint density at radius 3 is 2.50 bits per heavy atom. The van der Waals surface area contributed by atoms with Gasteiger partial charge in [0.05, 0.1) is 22.6 Å². The Morgan fingerprint density at radius 1 is 1.12 bits per heavy atom. The smallest absolute Gasteiger partial charge is 0.244 e. The van der Waals surface area contributed by atoms with Crippen LogP contribution in [0.2, 0.25) is 0 Å². The Kier molecular flexibility index (Phi) is 7.15. The zero-order chi connectivity index (χ0) is 24.2. The van der Waals surface area contributed by atoms with E-state index in [2.05, 4.69) is 5.32 Å². The summed E-state index contributed by atoms with van der Waals surface area (Å²) in [5.74, 6) is -0.390. The Bertz CT molecular complexity index is 1230. The number of hydrogen-bond acceptors (Lipinski definition) is 7.